The molecule has 2 N–H and O–H groups in total. The van der Waals surface area contributed by atoms with E-state index in [0.717, 1.165) is 22.9 Å². The molecule has 0 heterocycles. The van der Waals surface area contributed by atoms with Crippen LogP contribution in [-0.2, 0) is 9.59 Å². The Morgan fingerprint density at radius 1 is 1.45 bits per heavy atom. The monoisotopic (exact) mass is 369 g/mol. The molecule has 1 saturated carbocycles. The Morgan fingerprint density at radius 3 is 2.68 bits per heavy atom. The Balaban J connectivity index is 1.94. The van der Waals surface area contributed by atoms with Gasteiger partial charge in [0, 0.05) is 0 Å². The number of nitrogens with one attached hydrogen (secondary N) is 1. The third-order valence-electron chi connectivity index (χ3n) is 3.64. The van der Waals surface area contributed by atoms with Gasteiger partial charge >= 0.3 is 5.97 Å². The lowest BCUT2D eigenvalue weighted by atomic mass is 10.1. The lowest BCUT2D eigenvalue weighted by Gasteiger charge is -2.19. The summed E-state index contributed by atoms with van der Waals surface area (Å²) in [6.07, 6.45) is 1.81. The van der Waals surface area contributed by atoms with Gasteiger partial charge in [-0.3, -0.25) is 4.79 Å². The van der Waals surface area contributed by atoms with Crippen molar-refractivity contribution in [2.75, 3.05) is 0 Å². The molecule has 1 aliphatic carbocycles. The summed E-state index contributed by atoms with van der Waals surface area (Å²) in [5.41, 5.74) is 1.08. The lowest BCUT2D eigenvalue weighted by Crippen LogP contribution is -2.46. The number of carboxylic acid groups (broad SMARTS) is 1. The van der Waals surface area contributed by atoms with Gasteiger partial charge in [-0.05, 0) is 59.8 Å². The van der Waals surface area contributed by atoms with Crippen molar-refractivity contribution in [3.63, 3.8) is 0 Å². The van der Waals surface area contributed by atoms with Gasteiger partial charge in [0.05, 0.1) is 4.47 Å². The molecule has 0 bridgehead atoms. The molecular formula is C16H20BrNO4. The van der Waals surface area contributed by atoms with E-state index < -0.39 is 24.0 Å². The predicted octanol–water partition coefficient (Wildman–Crippen LogP) is 2.89. The van der Waals surface area contributed by atoms with E-state index in [0.29, 0.717) is 18.1 Å². The third kappa shape index (κ3) is 4.73. The fourth-order valence-electron chi connectivity index (χ4n) is 2.14. The minimum atomic E-state index is -0.996. The Morgan fingerprint density at radius 2 is 2.14 bits per heavy atom. The minimum absolute atomic E-state index is 0.416. The first-order valence-electron chi connectivity index (χ1n) is 7.33. The fraction of sp³-hybridized carbons (Fsp3) is 0.500. The number of aliphatic carboxylic acids is 1. The molecular weight excluding hydrogens is 350 g/mol. The lowest BCUT2D eigenvalue weighted by molar-refractivity contribution is -0.143. The number of carboxylic acids is 1. The molecule has 6 heteroatoms. The van der Waals surface area contributed by atoms with Crippen molar-refractivity contribution in [1.82, 2.24) is 5.32 Å². The van der Waals surface area contributed by atoms with E-state index >= 15 is 0 Å². The highest BCUT2D eigenvalue weighted by Gasteiger charge is 2.31. The quantitative estimate of drug-likeness (QED) is 0.774. The molecule has 0 aromatic heterocycles. The van der Waals surface area contributed by atoms with Gasteiger partial charge in [0.1, 0.15) is 11.8 Å². The number of carbonyl (C=O) groups is 2. The normalized spacial score (nSPS) is 16.7. The van der Waals surface area contributed by atoms with Crippen LogP contribution in [0, 0.1) is 12.8 Å². The zero-order chi connectivity index (χ0) is 16.3. The van der Waals surface area contributed by atoms with Gasteiger partial charge in [0.25, 0.3) is 5.91 Å². The molecule has 0 spiro atoms. The van der Waals surface area contributed by atoms with Crippen molar-refractivity contribution in [3.05, 3.63) is 28.2 Å². The van der Waals surface area contributed by atoms with Crippen LogP contribution in [0.25, 0.3) is 0 Å². The number of rotatable bonds is 7. The standard InChI is InChI=1S/C16H20BrNO4/c1-9-3-6-14(12(17)7-9)22-10(2)15(19)18-13(16(20)21)8-11-4-5-11/h3,6-7,10-11,13H,4-5,8H2,1-2H3,(H,18,19)(H,20,21). The zero-order valence-corrected chi connectivity index (χ0v) is 14.2. The van der Waals surface area contributed by atoms with Crippen LogP contribution in [0.2, 0.25) is 0 Å². The van der Waals surface area contributed by atoms with Gasteiger partial charge in [-0.25, -0.2) is 4.79 Å². The van der Waals surface area contributed by atoms with Gasteiger partial charge in [-0.2, -0.15) is 0 Å². The van der Waals surface area contributed by atoms with E-state index in [1.165, 1.54) is 0 Å². The summed E-state index contributed by atoms with van der Waals surface area (Å²) >= 11 is 3.39. The molecule has 120 valence electrons. The fourth-order valence-corrected chi connectivity index (χ4v) is 2.73. The summed E-state index contributed by atoms with van der Waals surface area (Å²) in [7, 11) is 0. The molecule has 1 amide bonds. The number of carbonyl (C=O) groups excluding carboxylic acids is 1. The van der Waals surface area contributed by atoms with Crippen molar-refractivity contribution in [2.45, 2.75) is 45.3 Å². The summed E-state index contributed by atoms with van der Waals surface area (Å²) in [6.45, 7) is 3.57. The van der Waals surface area contributed by atoms with E-state index in [-0.39, 0.29) is 0 Å². The van der Waals surface area contributed by atoms with Crippen LogP contribution < -0.4 is 10.1 Å². The van der Waals surface area contributed by atoms with Gasteiger partial charge < -0.3 is 15.2 Å². The van der Waals surface area contributed by atoms with Crippen molar-refractivity contribution in [2.24, 2.45) is 5.92 Å². The molecule has 22 heavy (non-hydrogen) atoms. The maximum absolute atomic E-state index is 12.1. The van der Waals surface area contributed by atoms with Crippen LogP contribution >= 0.6 is 15.9 Å². The average Bonchev–Trinajstić information content (AvgIpc) is 3.24. The summed E-state index contributed by atoms with van der Waals surface area (Å²) in [6, 6.07) is 4.72. The number of amides is 1. The van der Waals surface area contributed by atoms with E-state index in [2.05, 4.69) is 21.2 Å². The molecule has 2 unspecified atom stereocenters. The zero-order valence-electron chi connectivity index (χ0n) is 12.6. The Hall–Kier alpha value is -1.56. The van der Waals surface area contributed by atoms with Crippen LogP contribution in [0.1, 0.15) is 31.7 Å². The predicted molar refractivity (Wildman–Crippen MR) is 85.9 cm³/mol. The average molecular weight is 370 g/mol. The Kier molecular flexibility index (Phi) is 5.45. The highest BCUT2D eigenvalue weighted by Crippen LogP contribution is 2.33. The van der Waals surface area contributed by atoms with Crippen LogP contribution in [0.4, 0.5) is 0 Å². The van der Waals surface area contributed by atoms with E-state index in [4.69, 9.17) is 4.74 Å². The molecule has 2 rings (SSSR count). The molecule has 1 aromatic rings. The number of aryl methyl sites for hydroxylation is 1. The SMILES string of the molecule is Cc1ccc(OC(C)C(=O)NC(CC2CC2)C(=O)O)c(Br)c1. The second-order valence-corrected chi connectivity index (χ2v) is 6.63. The molecule has 1 aromatic carbocycles. The smallest absolute Gasteiger partial charge is 0.326 e. The molecule has 1 aliphatic rings. The molecule has 1 fully saturated rings. The first-order chi connectivity index (χ1) is 10.4. The number of benzene rings is 1. The van der Waals surface area contributed by atoms with Gasteiger partial charge in [-0.1, -0.05) is 18.9 Å². The van der Waals surface area contributed by atoms with Crippen LogP contribution in [0.5, 0.6) is 5.75 Å². The van der Waals surface area contributed by atoms with Gasteiger partial charge in [0.2, 0.25) is 0 Å². The Bertz CT molecular complexity index is 571. The number of ether oxygens (including phenoxy) is 1. The summed E-state index contributed by atoms with van der Waals surface area (Å²) in [5.74, 6) is -0.435. The molecule has 0 radical (unpaired) electrons. The topological polar surface area (TPSA) is 75.6 Å². The number of halogens is 1. The van der Waals surface area contributed by atoms with Crippen molar-refractivity contribution in [3.8, 4) is 5.75 Å². The number of hydrogen-bond donors (Lipinski definition) is 2. The van der Waals surface area contributed by atoms with Crippen molar-refractivity contribution in [1.29, 1.82) is 0 Å². The van der Waals surface area contributed by atoms with Crippen LogP contribution in [0.15, 0.2) is 22.7 Å². The highest BCUT2D eigenvalue weighted by atomic mass is 79.9. The summed E-state index contributed by atoms with van der Waals surface area (Å²) in [4.78, 5) is 23.3. The second-order valence-electron chi connectivity index (χ2n) is 5.77. The van der Waals surface area contributed by atoms with Crippen molar-refractivity contribution >= 4 is 27.8 Å². The first kappa shape index (κ1) is 16.8. The van der Waals surface area contributed by atoms with Crippen LogP contribution in [-0.4, -0.2) is 29.1 Å². The highest BCUT2D eigenvalue weighted by molar-refractivity contribution is 9.10. The van der Waals surface area contributed by atoms with Gasteiger partial charge in [0.15, 0.2) is 6.10 Å². The van der Waals surface area contributed by atoms with Gasteiger partial charge in [-0.15, -0.1) is 0 Å². The molecule has 0 aliphatic heterocycles. The van der Waals surface area contributed by atoms with Crippen molar-refractivity contribution < 1.29 is 19.4 Å². The summed E-state index contributed by atoms with van der Waals surface area (Å²) < 4.78 is 6.38. The minimum Gasteiger partial charge on any atom is -0.480 e. The molecule has 0 saturated heterocycles. The van der Waals surface area contributed by atoms with E-state index in [9.17, 15) is 14.7 Å². The van der Waals surface area contributed by atoms with E-state index in [1.807, 2.05) is 19.1 Å². The maximum Gasteiger partial charge on any atom is 0.326 e. The van der Waals surface area contributed by atoms with E-state index in [1.54, 1.807) is 13.0 Å². The summed E-state index contributed by atoms with van der Waals surface area (Å²) in [5, 5.41) is 11.7. The number of hydrogen-bond acceptors (Lipinski definition) is 3. The Labute approximate surface area is 138 Å². The third-order valence-corrected chi connectivity index (χ3v) is 4.26. The van der Waals surface area contributed by atoms with Crippen LogP contribution in [0.3, 0.4) is 0 Å². The second kappa shape index (κ2) is 7.13. The molecule has 2 atom stereocenters. The first-order valence-corrected chi connectivity index (χ1v) is 8.12. The maximum atomic E-state index is 12.1. The molecule has 5 nitrogen and oxygen atoms in total. The largest absolute Gasteiger partial charge is 0.480 e.